The third kappa shape index (κ3) is 5.68. The molecule has 0 bridgehead atoms. The van der Waals surface area contributed by atoms with Gasteiger partial charge in [-0.05, 0) is 25.9 Å². The Labute approximate surface area is 204 Å². The van der Waals surface area contributed by atoms with E-state index in [4.69, 9.17) is 14.9 Å². The van der Waals surface area contributed by atoms with Crippen molar-refractivity contribution in [3.8, 4) is 22.1 Å². The van der Waals surface area contributed by atoms with E-state index in [-0.39, 0.29) is 5.75 Å². The molecule has 186 valence electrons. The molecular formula is C20H20F3N7O3S2. The van der Waals surface area contributed by atoms with Gasteiger partial charge >= 0.3 is 12.1 Å². The molecule has 4 aromatic heterocycles. The number of thiazole rings is 2. The number of carboxylic acids is 1. The van der Waals surface area contributed by atoms with Crippen LogP contribution in [0.2, 0.25) is 0 Å². The smallest absolute Gasteiger partial charge is 0.490 e. The van der Waals surface area contributed by atoms with Gasteiger partial charge in [0.1, 0.15) is 16.5 Å². The van der Waals surface area contributed by atoms with Crippen molar-refractivity contribution in [3.05, 3.63) is 31.0 Å². The minimum atomic E-state index is -5.08. The minimum absolute atomic E-state index is 0.0969. The number of aromatic hydroxyl groups is 1. The number of piperidine rings is 1. The number of fused-ring (bicyclic) bond motifs is 1. The van der Waals surface area contributed by atoms with Crippen molar-refractivity contribution in [3.63, 3.8) is 0 Å². The largest absolute Gasteiger partial charge is 0.505 e. The number of nitrogens with zero attached hydrogens (tertiary/aromatic N) is 6. The lowest BCUT2D eigenvalue weighted by molar-refractivity contribution is -0.192. The number of alkyl halides is 3. The van der Waals surface area contributed by atoms with Crippen molar-refractivity contribution >= 4 is 43.4 Å². The number of hydrogen-bond donors (Lipinski definition) is 3. The van der Waals surface area contributed by atoms with E-state index in [1.54, 1.807) is 46.9 Å². The summed E-state index contributed by atoms with van der Waals surface area (Å²) in [5.74, 6) is -2.66. The third-order valence-corrected chi connectivity index (χ3v) is 7.35. The zero-order valence-corrected chi connectivity index (χ0v) is 19.9. The molecule has 4 aromatic rings. The van der Waals surface area contributed by atoms with Gasteiger partial charge < -0.3 is 25.0 Å². The summed E-state index contributed by atoms with van der Waals surface area (Å²) in [6.45, 7) is 2.11. The van der Waals surface area contributed by atoms with Crippen LogP contribution in [-0.2, 0) is 4.79 Å². The molecule has 0 radical (unpaired) electrons. The number of aromatic nitrogens is 5. The summed E-state index contributed by atoms with van der Waals surface area (Å²) in [4.78, 5) is 30.8. The van der Waals surface area contributed by atoms with Crippen LogP contribution in [0.3, 0.4) is 0 Å². The van der Waals surface area contributed by atoms with E-state index in [0.717, 1.165) is 46.4 Å². The normalized spacial score (nSPS) is 14.5. The lowest BCUT2D eigenvalue weighted by atomic mass is 10.1. The van der Waals surface area contributed by atoms with E-state index >= 15 is 0 Å². The van der Waals surface area contributed by atoms with Gasteiger partial charge in [0, 0.05) is 31.5 Å². The summed E-state index contributed by atoms with van der Waals surface area (Å²) in [6, 6.07) is 2.19. The number of carbonyl (C=O) groups is 1. The molecule has 5 rings (SSSR count). The van der Waals surface area contributed by atoms with Crippen LogP contribution in [0.25, 0.3) is 26.0 Å². The molecule has 1 saturated heterocycles. The Bertz CT molecular complexity index is 1270. The Balaban J connectivity index is 0.000000364. The second-order valence-corrected chi connectivity index (χ2v) is 9.49. The van der Waals surface area contributed by atoms with Gasteiger partial charge in [-0.2, -0.15) is 13.2 Å². The van der Waals surface area contributed by atoms with Crippen LogP contribution in [-0.4, -0.2) is 73.0 Å². The van der Waals surface area contributed by atoms with Gasteiger partial charge in [0.25, 0.3) is 0 Å². The summed E-state index contributed by atoms with van der Waals surface area (Å²) in [7, 11) is 2.11. The Morgan fingerprint density at radius 3 is 2.49 bits per heavy atom. The number of rotatable bonds is 4. The number of anilines is 1. The topological polar surface area (TPSA) is 129 Å². The quantitative estimate of drug-likeness (QED) is 0.365. The van der Waals surface area contributed by atoms with Crippen LogP contribution < -0.4 is 10.2 Å². The molecule has 0 spiro atoms. The first-order chi connectivity index (χ1) is 16.6. The lowest BCUT2D eigenvalue weighted by Gasteiger charge is -2.31. The van der Waals surface area contributed by atoms with Crippen molar-refractivity contribution in [1.82, 2.24) is 29.8 Å². The lowest BCUT2D eigenvalue weighted by Crippen LogP contribution is -2.41. The zero-order chi connectivity index (χ0) is 25.2. The summed E-state index contributed by atoms with van der Waals surface area (Å²) >= 11 is 3.05. The predicted octanol–water partition coefficient (Wildman–Crippen LogP) is 3.53. The van der Waals surface area contributed by atoms with Crippen LogP contribution in [0.4, 0.5) is 18.3 Å². The van der Waals surface area contributed by atoms with Gasteiger partial charge in [-0.15, -0.1) is 0 Å². The zero-order valence-electron chi connectivity index (χ0n) is 18.2. The highest BCUT2D eigenvalue weighted by atomic mass is 32.1. The van der Waals surface area contributed by atoms with Gasteiger partial charge in [0.15, 0.2) is 14.8 Å². The van der Waals surface area contributed by atoms with Gasteiger partial charge in [0.05, 0.1) is 18.2 Å². The van der Waals surface area contributed by atoms with Crippen LogP contribution in [0.5, 0.6) is 5.75 Å². The first-order valence-corrected chi connectivity index (χ1v) is 12.0. The summed E-state index contributed by atoms with van der Waals surface area (Å²) in [5.41, 5.74) is 1.23. The fraction of sp³-hybridized carbons (Fsp3) is 0.350. The summed E-state index contributed by atoms with van der Waals surface area (Å²) < 4.78 is 33.5. The van der Waals surface area contributed by atoms with E-state index < -0.39 is 12.1 Å². The number of pyridine rings is 1. The monoisotopic (exact) mass is 527 g/mol. The maximum atomic E-state index is 10.6. The maximum Gasteiger partial charge on any atom is 0.490 e. The molecule has 0 amide bonds. The van der Waals surface area contributed by atoms with Crippen LogP contribution >= 0.6 is 22.7 Å². The molecule has 15 heteroatoms. The number of halogens is 3. The van der Waals surface area contributed by atoms with Crippen molar-refractivity contribution < 1.29 is 28.2 Å². The SMILES string of the molecule is CN(c1nc2sc(-c3ncc(-n4ccnc4)cc3O)nc2s1)C1CCNCC1.O=C(O)C(F)(F)F. The van der Waals surface area contributed by atoms with Crippen LogP contribution in [0.15, 0.2) is 31.0 Å². The Morgan fingerprint density at radius 1 is 1.23 bits per heavy atom. The molecule has 1 aliphatic heterocycles. The molecule has 5 heterocycles. The predicted molar refractivity (Wildman–Crippen MR) is 125 cm³/mol. The molecule has 35 heavy (non-hydrogen) atoms. The van der Waals surface area contributed by atoms with Crippen molar-refractivity contribution in [1.29, 1.82) is 0 Å². The standard InChI is InChI=1S/C18H19N7OS2.C2HF3O2/c1-24(11-2-4-19-5-3-11)18-23-17-16(28-18)22-15(27-17)14-13(26)8-12(9-21-14)25-7-6-20-10-25;3-2(4,5)1(6)7/h6-11,19,26H,2-5H2,1H3;(H,6,7). The first-order valence-electron chi connectivity index (χ1n) is 10.3. The number of imidazole rings is 1. The second-order valence-electron chi connectivity index (χ2n) is 7.55. The average molecular weight is 528 g/mol. The Kier molecular flexibility index (Phi) is 7.18. The average Bonchev–Trinajstić information content (AvgIpc) is 3.56. The Morgan fingerprint density at radius 2 is 1.91 bits per heavy atom. The highest BCUT2D eigenvalue weighted by Crippen LogP contribution is 2.38. The number of hydrogen-bond acceptors (Lipinski definition) is 10. The van der Waals surface area contributed by atoms with E-state index in [1.165, 1.54) is 11.3 Å². The molecule has 0 saturated carbocycles. The van der Waals surface area contributed by atoms with E-state index in [1.807, 2.05) is 0 Å². The highest BCUT2D eigenvalue weighted by Gasteiger charge is 2.38. The number of nitrogens with one attached hydrogen (secondary N) is 1. The summed E-state index contributed by atoms with van der Waals surface area (Å²) in [5, 5.41) is 22.7. The van der Waals surface area contributed by atoms with Gasteiger partial charge in [-0.3, -0.25) is 0 Å². The number of aliphatic carboxylic acids is 1. The molecule has 0 unspecified atom stereocenters. The molecule has 1 fully saturated rings. The van der Waals surface area contributed by atoms with Gasteiger partial charge in [-0.1, -0.05) is 22.7 Å². The van der Waals surface area contributed by atoms with Gasteiger partial charge in [-0.25, -0.2) is 24.7 Å². The van der Waals surface area contributed by atoms with Crippen LogP contribution in [0, 0.1) is 0 Å². The van der Waals surface area contributed by atoms with E-state index in [9.17, 15) is 18.3 Å². The molecule has 0 aromatic carbocycles. The molecular weight excluding hydrogens is 507 g/mol. The highest BCUT2D eigenvalue weighted by molar-refractivity contribution is 7.29. The molecule has 3 N–H and O–H groups in total. The minimum Gasteiger partial charge on any atom is -0.505 e. The van der Waals surface area contributed by atoms with Crippen molar-refractivity contribution in [2.24, 2.45) is 0 Å². The fourth-order valence-electron chi connectivity index (χ4n) is 3.39. The maximum absolute atomic E-state index is 10.6. The molecule has 10 nitrogen and oxygen atoms in total. The third-order valence-electron chi connectivity index (χ3n) is 5.22. The Hall–Kier alpha value is -3.30. The van der Waals surface area contributed by atoms with Gasteiger partial charge in [0.2, 0.25) is 0 Å². The number of carboxylic acid groups (broad SMARTS) is 1. The van der Waals surface area contributed by atoms with E-state index in [0.29, 0.717) is 16.7 Å². The van der Waals surface area contributed by atoms with Crippen LogP contribution in [0.1, 0.15) is 12.8 Å². The molecule has 0 aliphatic carbocycles. The first kappa shape index (κ1) is 24.8. The van der Waals surface area contributed by atoms with Crippen molar-refractivity contribution in [2.75, 3.05) is 25.0 Å². The van der Waals surface area contributed by atoms with Crippen molar-refractivity contribution in [2.45, 2.75) is 25.1 Å². The molecule has 1 aliphatic rings. The van der Waals surface area contributed by atoms with E-state index in [2.05, 4.69) is 32.2 Å². The fourth-order valence-corrected chi connectivity index (χ4v) is 5.47. The summed E-state index contributed by atoms with van der Waals surface area (Å²) in [6.07, 6.45) is 4.03. The second kappa shape index (κ2) is 10.1. The molecule has 0 atom stereocenters.